The Morgan fingerprint density at radius 2 is 2.09 bits per heavy atom. The average Bonchev–Trinajstić information content (AvgIpc) is 1.87. The van der Waals surface area contributed by atoms with Crippen LogP contribution in [0.2, 0.25) is 0 Å². The molecule has 64 valence electrons. The minimum absolute atomic E-state index is 0.352. The molecule has 0 aliphatic rings. The van der Waals surface area contributed by atoms with Crippen molar-refractivity contribution in [2.75, 3.05) is 14.1 Å². The van der Waals surface area contributed by atoms with E-state index in [-0.39, 0.29) is 0 Å². The molecule has 0 bridgehead atoms. The molecule has 0 rings (SSSR count). The van der Waals surface area contributed by atoms with Crippen LogP contribution in [0.1, 0.15) is 20.3 Å². The van der Waals surface area contributed by atoms with Crippen LogP contribution < -0.4 is 5.73 Å². The summed E-state index contributed by atoms with van der Waals surface area (Å²) in [4.78, 5) is 2.06. The maximum Gasteiger partial charge on any atom is 0.102 e. The second-order valence-electron chi connectivity index (χ2n) is 3.55. The van der Waals surface area contributed by atoms with E-state index in [0.717, 1.165) is 0 Å². The van der Waals surface area contributed by atoms with E-state index in [1.54, 1.807) is 6.92 Å². The summed E-state index contributed by atoms with van der Waals surface area (Å²) < 4.78 is 0. The third kappa shape index (κ3) is 3.97. The van der Waals surface area contributed by atoms with Gasteiger partial charge < -0.3 is 10.6 Å². The first kappa shape index (κ1) is 10.4. The summed E-state index contributed by atoms with van der Waals surface area (Å²) in [7, 11) is 3.97. The van der Waals surface area contributed by atoms with E-state index in [9.17, 15) is 0 Å². The largest absolute Gasteiger partial charge is 0.314 e. The van der Waals surface area contributed by atoms with Crippen molar-refractivity contribution >= 4 is 0 Å². The number of hydrogen-bond donors (Lipinski definition) is 1. The molecule has 0 aliphatic heterocycles. The van der Waals surface area contributed by atoms with Crippen molar-refractivity contribution in [1.82, 2.24) is 4.90 Å². The number of nitriles is 1. The van der Waals surface area contributed by atoms with Gasteiger partial charge in [0, 0.05) is 6.04 Å². The van der Waals surface area contributed by atoms with Gasteiger partial charge in [-0.25, -0.2) is 0 Å². The normalized spacial score (nSPS) is 19.0. The third-order valence-corrected chi connectivity index (χ3v) is 1.86. The molecule has 11 heavy (non-hydrogen) atoms. The van der Waals surface area contributed by atoms with E-state index < -0.39 is 5.54 Å². The van der Waals surface area contributed by atoms with Crippen molar-refractivity contribution in [3.05, 3.63) is 0 Å². The summed E-state index contributed by atoms with van der Waals surface area (Å²) in [6, 6.07) is 2.43. The SMILES string of the molecule is CC(CC(C)(N)C#N)N(C)C. The Morgan fingerprint density at radius 3 is 2.36 bits per heavy atom. The van der Waals surface area contributed by atoms with Crippen LogP contribution in [0.25, 0.3) is 0 Å². The minimum Gasteiger partial charge on any atom is -0.314 e. The van der Waals surface area contributed by atoms with Gasteiger partial charge in [0.1, 0.15) is 5.54 Å². The lowest BCUT2D eigenvalue weighted by molar-refractivity contribution is 0.270. The Kier molecular flexibility index (Phi) is 3.50. The first-order valence-electron chi connectivity index (χ1n) is 3.75. The van der Waals surface area contributed by atoms with E-state index >= 15 is 0 Å². The molecule has 0 heterocycles. The Hall–Kier alpha value is -0.590. The molecule has 0 aromatic rings. The van der Waals surface area contributed by atoms with Crippen molar-refractivity contribution < 1.29 is 0 Å². The van der Waals surface area contributed by atoms with Crippen molar-refractivity contribution in [1.29, 1.82) is 5.26 Å². The van der Waals surface area contributed by atoms with E-state index in [4.69, 9.17) is 11.0 Å². The van der Waals surface area contributed by atoms with E-state index in [1.807, 2.05) is 14.1 Å². The van der Waals surface area contributed by atoms with Crippen LogP contribution in [0.15, 0.2) is 0 Å². The van der Waals surface area contributed by atoms with Gasteiger partial charge in [-0.1, -0.05) is 0 Å². The highest BCUT2D eigenvalue weighted by molar-refractivity contribution is 5.02. The molecule has 0 radical (unpaired) electrons. The van der Waals surface area contributed by atoms with Gasteiger partial charge in [-0.05, 0) is 34.4 Å². The molecule has 2 unspecified atom stereocenters. The highest BCUT2D eigenvalue weighted by atomic mass is 15.1. The molecule has 0 aromatic carbocycles. The fourth-order valence-corrected chi connectivity index (χ4v) is 0.842. The maximum absolute atomic E-state index is 8.63. The lowest BCUT2D eigenvalue weighted by atomic mass is 9.96. The van der Waals surface area contributed by atoms with Crippen LogP contribution >= 0.6 is 0 Å². The molecule has 0 aliphatic carbocycles. The molecule has 3 nitrogen and oxygen atoms in total. The van der Waals surface area contributed by atoms with Gasteiger partial charge in [0.25, 0.3) is 0 Å². The van der Waals surface area contributed by atoms with Gasteiger partial charge in [-0.3, -0.25) is 0 Å². The molecule has 0 fully saturated rings. The lowest BCUT2D eigenvalue weighted by Gasteiger charge is -2.25. The molecule has 0 aromatic heterocycles. The summed E-state index contributed by atoms with van der Waals surface area (Å²) >= 11 is 0. The molecule has 2 atom stereocenters. The van der Waals surface area contributed by atoms with Gasteiger partial charge in [-0.2, -0.15) is 5.26 Å². The van der Waals surface area contributed by atoms with Gasteiger partial charge in [0.2, 0.25) is 0 Å². The highest BCUT2D eigenvalue weighted by Crippen LogP contribution is 2.10. The predicted molar refractivity (Wildman–Crippen MR) is 46.0 cm³/mol. The van der Waals surface area contributed by atoms with Crippen LogP contribution in [0.5, 0.6) is 0 Å². The monoisotopic (exact) mass is 155 g/mol. The predicted octanol–water partition coefficient (Wildman–Crippen LogP) is 0.568. The zero-order valence-electron chi connectivity index (χ0n) is 7.76. The van der Waals surface area contributed by atoms with E-state index in [0.29, 0.717) is 12.5 Å². The molecule has 2 N–H and O–H groups in total. The Labute approximate surface area is 68.8 Å². The zero-order valence-corrected chi connectivity index (χ0v) is 7.76. The summed E-state index contributed by atoms with van der Waals surface area (Å²) in [6.45, 7) is 3.81. The van der Waals surface area contributed by atoms with Crippen molar-refractivity contribution in [2.24, 2.45) is 5.73 Å². The first-order chi connectivity index (χ1) is 4.89. The molecule has 0 spiro atoms. The molecular weight excluding hydrogens is 138 g/mol. The minimum atomic E-state index is -0.691. The van der Waals surface area contributed by atoms with Gasteiger partial charge in [0.15, 0.2) is 0 Å². The highest BCUT2D eigenvalue weighted by Gasteiger charge is 2.21. The Balaban J connectivity index is 3.96. The number of nitrogens with two attached hydrogens (primary N) is 1. The Bertz CT molecular complexity index is 155. The standard InChI is InChI=1S/C8H17N3/c1-7(11(3)4)5-8(2,10)6-9/h7H,5,10H2,1-4H3. The number of rotatable bonds is 3. The van der Waals surface area contributed by atoms with E-state index in [2.05, 4.69) is 17.9 Å². The third-order valence-electron chi connectivity index (χ3n) is 1.86. The molecule has 0 saturated carbocycles. The Morgan fingerprint density at radius 1 is 1.64 bits per heavy atom. The van der Waals surface area contributed by atoms with Crippen LogP contribution in [0, 0.1) is 11.3 Å². The number of nitrogens with zero attached hydrogens (tertiary/aromatic N) is 2. The fraction of sp³-hybridized carbons (Fsp3) is 0.875. The van der Waals surface area contributed by atoms with Crippen LogP contribution in [0.4, 0.5) is 0 Å². The van der Waals surface area contributed by atoms with Crippen molar-refractivity contribution in [2.45, 2.75) is 31.8 Å². The van der Waals surface area contributed by atoms with Crippen LogP contribution in [-0.4, -0.2) is 30.6 Å². The van der Waals surface area contributed by atoms with Gasteiger partial charge >= 0.3 is 0 Å². The second-order valence-corrected chi connectivity index (χ2v) is 3.55. The zero-order chi connectivity index (χ0) is 9.07. The van der Waals surface area contributed by atoms with Crippen molar-refractivity contribution in [3.63, 3.8) is 0 Å². The summed E-state index contributed by atoms with van der Waals surface area (Å²) in [5.74, 6) is 0. The molecule has 0 amide bonds. The first-order valence-corrected chi connectivity index (χ1v) is 3.75. The van der Waals surface area contributed by atoms with E-state index in [1.165, 1.54) is 0 Å². The number of hydrogen-bond acceptors (Lipinski definition) is 3. The maximum atomic E-state index is 8.63. The summed E-state index contributed by atoms with van der Waals surface area (Å²) in [6.07, 6.45) is 0.705. The molecule has 3 heteroatoms. The molecular formula is C8H17N3. The fourth-order valence-electron chi connectivity index (χ4n) is 0.842. The summed E-state index contributed by atoms with van der Waals surface area (Å²) in [5, 5.41) is 8.63. The van der Waals surface area contributed by atoms with Gasteiger partial charge in [0.05, 0.1) is 6.07 Å². The van der Waals surface area contributed by atoms with Crippen LogP contribution in [0.3, 0.4) is 0 Å². The lowest BCUT2D eigenvalue weighted by Crippen LogP contribution is -2.41. The van der Waals surface area contributed by atoms with Gasteiger partial charge in [-0.15, -0.1) is 0 Å². The topological polar surface area (TPSA) is 53.1 Å². The quantitative estimate of drug-likeness (QED) is 0.648. The smallest absolute Gasteiger partial charge is 0.102 e. The average molecular weight is 155 g/mol. The molecule has 0 saturated heterocycles. The summed E-state index contributed by atoms with van der Waals surface area (Å²) in [5.41, 5.74) is 4.98. The van der Waals surface area contributed by atoms with Crippen LogP contribution in [-0.2, 0) is 0 Å². The van der Waals surface area contributed by atoms with Crippen molar-refractivity contribution in [3.8, 4) is 6.07 Å². The second kappa shape index (κ2) is 3.70.